The molecule has 1 unspecified atom stereocenters. The van der Waals surface area contributed by atoms with Crippen molar-refractivity contribution in [1.82, 2.24) is 25.0 Å². The highest BCUT2D eigenvalue weighted by molar-refractivity contribution is 5.76. The molecule has 2 rings (SSSR count). The predicted octanol–water partition coefficient (Wildman–Crippen LogP) is 2.13. The van der Waals surface area contributed by atoms with Crippen LogP contribution in [0.3, 0.4) is 0 Å². The standard InChI is InChI=1S/C16H29N5O/c1-3-9-21-16(17-13-18-21)14(2)19-15(22)8-12-20-10-6-4-5-7-11-20/h13-14H,3-12H2,1-2H3,(H,19,22). The molecular weight excluding hydrogens is 278 g/mol. The maximum absolute atomic E-state index is 12.2. The Morgan fingerprint density at radius 2 is 2.00 bits per heavy atom. The van der Waals surface area contributed by atoms with E-state index in [1.54, 1.807) is 6.33 Å². The van der Waals surface area contributed by atoms with E-state index in [1.165, 1.54) is 25.7 Å². The predicted molar refractivity (Wildman–Crippen MR) is 86.4 cm³/mol. The molecule has 124 valence electrons. The second-order valence-electron chi connectivity index (χ2n) is 6.14. The highest BCUT2D eigenvalue weighted by Gasteiger charge is 2.16. The first-order valence-corrected chi connectivity index (χ1v) is 8.60. The van der Waals surface area contributed by atoms with Crippen LogP contribution in [-0.4, -0.2) is 45.2 Å². The first-order chi connectivity index (χ1) is 10.7. The summed E-state index contributed by atoms with van der Waals surface area (Å²) in [6.45, 7) is 8.04. The van der Waals surface area contributed by atoms with Gasteiger partial charge in [0, 0.05) is 19.5 Å². The third kappa shape index (κ3) is 5.09. The Kier molecular flexibility index (Phi) is 6.83. The smallest absolute Gasteiger partial charge is 0.221 e. The number of carbonyl (C=O) groups is 1. The summed E-state index contributed by atoms with van der Waals surface area (Å²) in [5.41, 5.74) is 0. The van der Waals surface area contributed by atoms with Crippen LogP contribution in [0.2, 0.25) is 0 Å². The molecule has 0 aromatic carbocycles. The number of aryl methyl sites for hydroxylation is 1. The average molecular weight is 307 g/mol. The number of hydrogen-bond donors (Lipinski definition) is 1. The number of amides is 1. The number of carbonyl (C=O) groups excluding carboxylic acids is 1. The number of rotatable bonds is 7. The van der Waals surface area contributed by atoms with Crippen molar-refractivity contribution in [3.63, 3.8) is 0 Å². The summed E-state index contributed by atoms with van der Waals surface area (Å²) in [4.78, 5) is 18.8. The van der Waals surface area contributed by atoms with Gasteiger partial charge in [-0.25, -0.2) is 9.67 Å². The quantitative estimate of drug-likeness (QED) is 0.838. The Morgan fingerprint density at radius 1 is 1.27 bits per heavy atom. The van der Waals surface area contributed by atoms with E-state index in [1.807, 2.05) is 11.6 Å². The highest BCUT2D eigenvalue weighted by Crippen LogP contribution is 2.11. The SMILES string of the molecule is CCCn1ncnc1C(C)NC(=O)CCN1CCCCCC1. The zero-order valence-electron chi connectivity index (χ0n) is 13.9. The van der Waals surface area contributed by atoms with E-state index in [2.05, 4.69) is 27.2 Å². The lowest BCUT2D eigenvalue weighted by molar-refractivity contribution is -0.122. The molecule has 1 aromatic heterocycles. The lowest BCUT2D eigenvalue weighted by atomic mass is 10.2. The first-order valence-electron chi connectivity index (χ1n) is 8.60. The minimum Gasteiger partial charge on any atom is -0.346 e. The van der Waals surface area contributed by atoms with Crippen LogP contribution in [0.25, 0.3) is 0 Å². The van der Waals surface area contributed by atoms with E-state index >= 15 is 0 Å². The monoisotopic (exact) mass is 307 g/mol. The van der Waals surface area contributed by atoms with Gasteiger partial charge < -0.3 is 10.2 Å². The molecule has 0 aliphatic carbocycles. The Hall–Kier alpha value is -1.43. The lowest BCUT2D eigenvalue weighted by Crippen LogP contribution is -2.33. The molecule has 1 saturated heterocycles. The van der Waals surface area contributed by atoms with Crippen molar-refractivity contribution in [2.24, 2.45) is 0 Å². The average Bonchev–Trinajstić information content (AvgIpc) is 2.81. The molecule has 0 radical (unpaired) electrons. The molecule has 1 N–H and O–H groups in total. The Labute approximate surface area is 133 Å². The zero-order valence-corrected chi connectivity index (χ0v) is 13.9. The van der Waals surface area contributed by atoms with Crippen molar-refractivity contribution >= 4 is 5.91 Å². The minimum absolute atomic E-state index is 0.0920. The van der Waals surface area contributed by atoms with Crippen LogP contribution in [-0.2, 0) is 11.3 Å². The van der Waals surface area contributed by atoms with Gasteiger partial charge in [0.05, 0.1) is 6.04 Å². The fourth-order valence-electron chi connectivity index (χ4n) is 2.99. The second kappa shape index (κ2) is 8.88. The van der Waals surface area contributed by atoms with Gasteiger partial charge in [0.15, 0.2) is 0 Å². The summed E-state index contributed by atoms with van der Waals surface area (Å²) in [7, 11) is 0. The third-order valence-corrected chi connectivity index (χ3v) is 4.20. The summed E-state index contributed by atoms with van der Waals surface area (Å²) < 4.78 is 1.87. The highest BCUT2D eigenvalue weighted by atomic mass is 16.1. The molecule has 1 aromatic rings. The van der Waals surface area contributed by atoms with Gasteiger partial charge in [-0.15, -0.1) is 0 Å². The van der Waals surface area contributed by atoms with Gasteiger partial charge in [0.2, 0.25) is 5.91 Å². The van der Waals surface area contributed by atoms with E-state index < -0.39 is 0 Å². The largest absolute Gasteiger partial charge is 0.346 e. The number of nitrogens with one attached hydrogen (secondary N) is 1. The van der Waals surface area contributed by atoms with Gasteiger partial charge in [-0.05, 0) is 39.3 Å². The van der Waals surface area contributed by atoms with Crippen molar-refractivity contribution in [2.45, 2.75) is 65.0 Å². The van der Waals surface area contributed by atoms with Gasteiger partial charge in [0.25, 0.3) is 0 Å². The van der Waals surface area contributed by atoms with Crippen LogP contribution in [0.1, 0.15) is 64.2 Å². The fraction of sp³-hybridized carbons (Fsp3) is 0.812. The number of hydrogen-bond acceptors (Lipinski definition) is 4. The molecular formula is C16H29N5O. The minimum atomic E-state index is -0.0920. The van der Waals surface area contributed by atoms with Crippen molar-refractivity contribution in [1.29, 1.82) is 0 Å². The van der Waals surface area contributed by atoms with Crippen LogP contribution in [0.5, 0.6) is 0 Å². The second-order valence-corrected chi connectivity index (χ2v) is 6.14. The van der Waals surface area contributed by atoms with Crippen LogP contribution < -0.4 is 5.32 Å². The maximum Gasteiger partial charge on any atom is 0.221 e. The zero-order chi connectivity index (χ0) is 15.8. The first kappa shape index (κ1) is 16.9. The maximum atomic E-state index is 12.2. The Morgan fingerprint density at radius 3 is 2.68 bits per heavy atom. The molecule has 1 amide bonds. The molecule has 1 aliphatic heterocycles. The number of nitrogens with zero attached hydrogens (tertiary/aromatic N) is 4. The van der Waals surface area contributed by atoms with Crippen molar-refractivity contribution < 1.29 is 4.79 Å². The molecule has 1 aliphatic rings. The Balaban J connectivity index is 1.77. The van der Waals surface area contributed by atoms with Crippen LogP contribution >= 0.6 is 0 Å². The summed E-state index contributed by atoms with van der Waals surface area (Å²) in [6.07, 6.45) is 8.30. The molecule has 22 heavy (non-hydrogen) atoms. The summed E-state index contributed by atoms with van der Waals surface area (Å²) in [5, 5.41) is 7.26. The van der Waals surface area contributed by atoms with Gasteiger partial charge in [-0.1, -0.05) is 19.8 Å². The number of likely N-dealkylation sites (tertiary alicyclic amines) is 1. The van der Waals surface area contributed by atoms with Crippen molar-refractivity contribution in [2.75, 3.05) is 19.6 Å². The van der Waals surface area contributed by atoms with E-state index in [4.69, 9.17) is 0 Å². The summed E-state index contributed by atoms with van der Waals surface area (Å²) in [5.74, 6) is 0.938. The van der Waals surface area contributed by atoms with Crippen LogP contribution in [0.15, 0.2) is 6.33 Å². The van der Waals surface area contributed by atoms with Gasteiger partial charge in [0.1, 0.15) is 12.2 Å². The fourth-order valence-corrected chi connectivity index (χ4v) is 2.99. The van der Waals surface area contributed by atoms with Gasteiger partial charge in [-0.3, -0.25) is 4.79 Å². The molecule has 2 heterocycles. The summed E-state index contributed by atoms with van der Waals surface area (Å²) >= 11 is 0. The molecule has 6 nitrogen and oxygen atoms in total. The third-order valence-electron chi connectivity index (χ3n) is 4.20. The number of aromatic nitrogens is 3. The molecule has 0 bridgehead atoms. The van der Waals surface area contributed by atoms with E-state index in [-0.39, 0.29) is 11.9 Å². The molecule has 1 atom stereocenters. The van der Waals surface area contributed by atoms with Crippen molar-refractivity contribution in [3.8, 4) is 0 Å². The van der Waals surface area contributed by atoms with Gasteiger partial charge >= 0.3 is 0 Å². The van der Waals surface area contributed by atoms with E-state index in [0.29, 0.717) is 6.42 Å². The molecule has 1 fully saturated rings. The van der Waals surface area contributed by atoms with Crippen LogP contribution in [0.4, 0.5) is 0 Å². The molecule has 6 heteroatoms. The lowest BCUT2D eigenvalue weighted by Gasteiger charge is -2.20. The molecule has 0 spiro atoms. The summed E-state index contributed by atoms with van der Waals surface area (Å²) in [6, 6.07) is -0.0920. The van der Waals surface area contributed by atoms with E-state index in [0.717, 1.165) is 38.4 Å². The normalized spacial score (nSPS) is 17.9. The van der Waals surface area contributed by atoms with Crippen molar-refractivity contribution in [3.05, 3.63) is 12.2 Å². The van der Waals surface area contributed by atoms with Crippen LogP contribution in [0, 0.1) is 0 Å². The molecule has 0 saturated carbocycles. The van der Waals surface area contributed by atoms with Gasteiger partial charge in [-0.2, -0.15) is 5.10 Å². The Bertz CT molecular complexity index is 451. The van der Waals surface area contributed by atoms with E-state index in [9.17, 15) is 4.79 Å². The topological polar surface area (TPSA) is 63.1 Å².